The van der Waals surface area contributed by atoms with Crippen LogP contribution in [0.3, 0.4) is 0 Å². The Morgan fingerprint density at radius 2 is 2.24 bits per heavy atom. The average molecular weight is 257 g/mol. The van der Waals surface area contributed by atoms with E-state index in [0.29, 0.717) is 17.0 Å². The number of nitrogens with one attached hydrogen (secondary N) is 1. The first kappa shape index (κ1) is 13.4. The van der Waals surface area contributed by atoms with Gasteiger partial charge in [0, 0.05) is 29.1 Å². The molecule has 0 saturated carbocycles. The molecule has 0 aromatic heterocycles. The van der Waals surface area contributed by atoms with E-state index in [-0.39, 0.29) is 17.6 Å². The van der Waals surface area contributed by atoms with Crippen LogP contribution >= 0.6 is 11.6 Å². The number of amides is 1. The molecule has 6 heteroatoms. The van der Waals surface area contributed by atoms with E-state index in [1.165, 1.54) is 18.2 Å². The van der Waals surface area contributed by atoms with Gasteiger partial charge in [-0.05, 0) is 26.0 Å². The molecule has 1 aromatic rings. The summed E-state index contributed by atoms with van der Waals surface area (Å²) < 4.78 is 0. The molecule has 0 aliphatic carbocycles. The Hall–Kier alpha value is -1.62. The van der Waals surface area contributed by atoms with Crippen molar-refractivity contribution in [1.82, 2.24) is 5.32 Å². The maximum Gasteiger partial charge on any atom is 0.272 e. The topological polar surface area (TPSA) is 72.2 Å². The number of rotatable bonds is 4. The molecule has 5 nitrogen and oxygen atoms in total. The quantitative estimate of drug-likeness (QED) is 0.510. The summed E-state index contributed by atoms with van der Waals surface area (Å²) in [5, 5.41) is 13.3. The van der Waals surface area contributed by atoms with E-state index in [2.05, 4.69) is 5.32 Å². The Morgan fingerprint density at radius 3 is 2.71 bits per heavy atom. The molecule has 0 aliphatic heterocycles. The van der Waals surface area contributed by atoms with Crippen molar-refractivity contribution in [2.24, 2.45) is 0 Å². The monoisotopic (exact) mass is 256 g/mol. The zero-order chi connectivity index (χ0) is 13.0. The van der Waals surface area contributed by atoms with Gasteiger partial charge in [0.1, 0.15) is 0 Å². The summed E-state index contributed by atoms with van der Waals surface area (Å²) in [6.45, 7) is 3.38. The predicted octanol–water partition coefficient (Wildman–Crippen LogP) is 2.26. The highest BCUT2D eigenvalue weighted by Crippen LogP contribution is 2.18. The van der Waals surface area contributed by atoms with E-state index in [4.69, 9.17) is 11.6 Å². The van der Waals surface area contributed by atoms with E-state index < -0.39 is 4.92 Å². The molecule has 1 N–H and O–H groups in total. The molecule has 0 bridgehead atoms. The zero-order valence-corrected chi connectivity index (χ0v) is 10.3. The number of nitro benzene ring substituents is 1. The van der Waals surface area contributed by atoms with Gasteiger partial charge in [-0.2, -0.15) is 0 Å². The van der Waals surface area contributed by atoms with Crippen LogP contribution in [0.5, 0.6) is 0 Å². The Morgan fingerprint density at radius 1 is 1.59 bits per heavy atom. The molecular weight excluding hydrogens is 244 g/mol. The molecule has 0 aliphatic rings. The number of aryl methyl sites for hydroxylation is 1. The van der Waals surface area contributed by atoms with Gasteiger partial charge in [0.15, 0.2) is 0 Å². The minimum atomic E-state index is -0.474. The zero-order valence-electron chi connectivity index (χ0n) is 9.57. The van der Waals surface area contributed by atoms with Crippen LogP contribution in [0.25, 0.3) is 0 Å². The Kier molecular flexibility index (Phi) is 4.45. The average Bonchev–Trinajstić information content (AvgIpc) is 2.28. The van der Waals surface area contributed by atoms with Crippen LogP contribution in [0, 0.1) is 17.0 Å². The lowest BCUT2D eigenvalue weighted by atomic mass is 10.1. The van der Waals surface area contributed by atoms with E-state index in [0.717, 1.165) is 0 Å². The van der Waals surface area contributed by atoms with Gasteiger partial charge in [-0.25, -0.2) is 0 Å². The van der Waals surface area contributed by atoms with Gasteiger partial charge in [0.05, 0.1) is 4.92 Å². The minimum absolute atomic E-state index is 0.00643. The fourth-order valence-corrected chi connectivity index (χ4v) is 1.42. The Balaban J connectivity index is 2.90. The third-order valence-corrected chi connectivity index (χ3v) is 2.73. The smallest absolute Gasteiger partial charge is 0.272 e. The molecule has 1 atom stereocenters. The molecule has 17 heavy (non-hydrogen) atoms. The second-order valence-electron chi connectivity index (χ2n) is 3.79. The van der Waals surface area contributed by atoms with Gasteiger partial charge < -0.3 is 5.32 Å². The molecular formula is C11H13ClN2O3. The van der Waals surface area contributed by atoms with Crippen LogP contribution in [0.4, 0.5) is 5.69 Å². The molecule has 1 aromatic carbocycles. The molecule has 0 fully saturated rings. The van der Waals surface area contributed by atoms with E-state index in [1.54, 1.807) is 13.8 Å². The van der Waals surface area contributed by atoms with Crippen molar-refractivity contribution in [3.05, 3.63) is 39.4 Å². The van der Waals surface area contributed by atoms with Gasteiger partial charge in [-0.3, -0.25) is 14.9 Å². The van der Waals surface area contributed by atoms with Crippen molar-refractivity contribution < 1.29 is 9.72 Å². The van der Waals surface area contributed by atoms with Crippen molar-refractivity contribution in [2.45, 2.75) is 19.9 Å². The lowest BCUT2D eigenvalue weighted by Crippen LogP contribution is -2.33. The summed E-state index contributed by atoms with van der Waals surface area (Å²) >= 11 is 5.58. The summed E-state index contributed by atoms with van der Waals surface area (Å²) in [6, 6.07) is 4.12. The SMILES string of the molecule is Cc1cc(C(=O)NC(C)CCl)ccc1[N+](=O)[O-]. The Labute approximate surface area is 104 Å². The summed E-state index contributed by atoms with van der Waals surface area (Å²) in [5.41, 5.74) is 0.859. The lowest BCUT2D eigenvalue weighted by molar-refractivity contribution is -0.385. The lowest BCUT2D eigenvalue weighted by Gasteiger charge is -2.10. The van der Waals surface area contributed by atoms with E-state index in [9.17, 15) is 14.9 Å². The van der Waals surface area contributed by atoms with Crippen LogP contribution in [0.15, 0.2) is 18.2 Å². The standard InChI is InChI=1S/C11H13ClN2O3/c1-7-5-9(3-4-10(7)14(16)17)11(15)13-8(2)6-12/h3-5,8H,6H2,1-2H3,(H,13,15). The molecule has 0 saturated heterocycles. The largest absolute Gasteiger partial charge is 0.348 e. The third kappa shape index (κ3) is 3.42. The second-order valence-corrected chi connectivity index (χ2v) is 4.10. The number of carbonyl (C=O) groups excluding carboxylic acids is 1. The van der Waals surface area contributed by atoms with E-state index in [1.807, 2.05) is 0 Å². The van der Waals surface area contributed by atoms with Crippen molar-refractivity contribution >= 4 is 23.2 Å². The molecule has 1 rings (SSSR count). The number of nitro groups is 1. The number of carbonyl (C=O) groups is 1. The highest BCUT2D eigenvalue weighted by molar-refractivity contribution is 6.18. The van der Waals surface area contributed by atoms with Crippen LogP contribution in [0.2, 0.25) is 0 Å². The molecule has 0 heterocycles. The summed E-state index contributed by atoms with van der Waals surface area (Å²) in [4.78, 5) is 21.8. The minimum Gasteiger partial charge on any atom is -0.348 e. The molecule has 0 radical (unpaired) electrons. The number of hydrogen-bond acceptors (Lipinski definition) is 3. The maximum atomic E-state index is 11.7. The Bertz CT molecular complexity index is 448. The fraction of sp³-hybridized carbons (Fsp3) is 0.364. The first-order valence-electron chi connectivity index (χ1n) is 5.07. The number of halogens is 1. The first-order chi connectivity index (χ1) is 7.95. The molecule has 0 spiro atoms. The molecule has 1 unspecified atom stereocenters. The second kappa shape index (κ2) is 5.63. The van der Waals surface area contributed by atoms with Crippen molar-refractivity contribution in [3.8, 4) is 0 Å². The number of nitrogens with zero attached hydrogens (tertiary/aromatic N) is 1. The first-order valence-corrected chi connectivity index (χ1v) is 5.61. The van der Waals surface area contributed by atoms with Crippen LogP contribution in [-0.2, 0) is 0 Å². The van der Waals surface area contributed by atoms with Gasteiger partial charge >= 0.3 is 0 Å². The van der Waals surface area contributed by atoms with E-state index >= 15 is 0 Å². The van der Waals surface area contributed by atoms with Crippen LogP contribution < -0.4 is 5.32 Å². The van der Waals surface area contributed by atoms with Crippen LogP contribution in [-0.4, -0.2) is 22.8 Å². The van der Waals surface area contributed by atoms with Gasteiger partial charge in [0.25, 0.3) is 11.6 Å². The van der Waals surface area contributed by atoms with Crippen molar-refractivity contribution in [1.29, 1.82) is 0 Å². The maximum absolute atomic E-state index is 11.7. The summed E-state index contributed by atoms with van der Waals surface area (Å²) in [7, 11) is 0. The van der Waals surface area contributed by atoms with Crippen molar-refractivity contribution in [2.75, 3.05) is 5.88 Å². The predicted molar refractivity (Wildman–Crippen MR) is 65.5 cm³/mol. The number of benzene rings is 1. The fourth-order valence-electron chi connectivity index (χ4n) is 1.35. The number of hydrogen-bond donors (Lipinski definition) is 1. The highest BCUT2D eigenvalue weighted by atomic mass is 35.5. The van der Waals surface area contributed by atoms with Gasteiger partial charge in [-0.15, -0.1) is 11.6 Å². The number of alkyl halides is 1. The molecule has 92 valence electrons. The van der Waals surface area contributed by atoms with Crippen molar-refractivity contribution in [3.63, 3.8) is 0 Å². The highest BCUT2D eigenvalue weighted by Gasteiger charge is 2.14. The summed E-state index contributed by atoms with van der Waals surface area (Å²) in [6.07, 6.45) is 0. The molecule has 1 amide bonds. The van der Waals surface area contributed by atoms with Gasteiger partial charge in [-0.1, -0.05) is 0 Å². The van der Waals surface area contributed by atoms with Gasteiger partial charge in [0.2, 0.25) is 0 Å². The normalized spacial score (nSPS) is 11.9. The van der Waals surface area contributed by atoms with Crippen LogP contribution in [0.1, 0.15) is 22.8 Å². The summed E-state index contributed by atoms with van der Waals surface area (Å²) in [5.74, 6) is 0.0358. The third-order valence-electron chi connectivity index (χ3n) is 2.26.